The van der Waals surface area contributed by atoms with E-state index in [2.05, 4.69) is 4.90 Å². The number of nitrogens with zero attached hydrogens (tertiary/aromatic N) is 2. The molecular formula is C21H22ClFN2O2. The van der Waals surface area contributed by atoms with Gasteiger partial charge in [0.1, 0.15) is 5.82 Å². The van der Waals surface area contributed by atoms with E-state index in [0.717, 1.165) is 5.56 Å². The third-order valence-electron chi connectivity index (χ3n) is 4.80. The van der Waals surface area contributed by atoms with Crippen molar-refractivity contribution in [2.24, 2.45) is 0 Å². The number of Topliss-reactive ketones (excluding diaryl/α,β-unsaturated/α-hetero) is 1. The van der Waals surface area contributed by atoms with E-state index in [1.807, 2.05) is 4.90 Å². The van der Waals surface area contributed by atoms with Crippen LogP contribution in [0.1, 0.15) is 22.3 Å². The van der Waals surface area contributed by atoms with Crippen LogP contribution in [0, 0.1) is 5.82 Å². The summed E-state index contributed by atoms with van der Waals surface area (Å²) in [5.41, 5.74) is 1.61. The minimum atomic E-state index is -0.269. The lowest BCUT2D eigenvalue weighted by atomic mass is 10.1. The quantitative estimate of drug-likeness (QED) is 0.712. The van der Waals surface area contributed by atoms with Gasteiger partial charge in [-0.1, -0.05) is 23.7 Å². The van der Waals surface area contributed by atoms with Crippen molar-refractivity contribution in [1.29, 1.82) is 0 Å². The summed E-state index contributed by atoms with van der Waals surface area (Å²) in [5, 5.41) is 0.610. The summed E-state index contributed by atoms with van der Waals surface area (Å²) in [7, 11) is 0. The third-order valence-corrected chi connectivity index (χ3v) is 5.05. The molecule has 0 spiro atoms. The van der Waals surface area contributed by atoms with Crippen LogP contribution in [0.4, 0.5) is 4.39 Å². The molecular weight excluding hydrogens is 367 g/mol. The monoisotopic (exact) mass is 388 g/mol. The number of amides is 1. The number of carbonyl (C=O) groups is 2. The lowest BCUT2D eigenvalue weighted by molar-refractivity contribution is -0.132. The zero-order chi connectivity index (χ0) is 19.2. The van der Waals surface area contributed by atoms with Crippen LogP contribution in [-0.2, 0) is 11.2 Å². The number of ketones is 1. The lowest BCUT2D eigenvalue weighted by Crippen LogP contribution is -2.49. The number of rotatable bonds is 6. The Morgan fingerprint density at radius 2 is 1.56 bits per heavy atom. The molecule has 1 aliphatic rings. The fourth-order valence-electron chi connectivity index (χ4n) is 3.15. The third kappa shape index (κ3) is 5.62. The summed E-state index contributed by atoms with van der Waals surface area (Å²) < 4.78 is 12.9. The molecule has 4 nitrogen and oxygen atoms in total. The smallest absolute Gasteiger partial charge is 0.222 e. The van der Waals surface area contributed by atoms with Gasteiger partial charge in [-0.2, -0.15) is 0 Å². The summed E-state index contributed by atoms with van der Waals surface area (Å²) in [6.45, 7) is 2.95. The molecule has 0 saturated carbocycles. The molecule has 0 unspecified atom stereocenters. The van der Waals surface area contributed by atoms with Crippen LogP contribution in [0.3, 0.4) is 0 Å². The Morgan fingerprint density at radius 3 is 2.19 bits per heavy atom. The highest BCUT2D eigenvalue weighted by molar-refractivity contribution is 6.30. The second-order valence-corrected chi connectivity index (χ2v) is 7.15. The maximum Gasteiger partial charge on any atom is 0.222 e. The van der Waals surface area contributed by atoms with Gasteiger partial charge in [-0.3, -0.25) is 14.5 Å². The first-order valence-electron chi connectivity index (χ1n) is 9.04. The van der Waals surface area contributed by atoms with Crippen molar-refractivity contribution in [3.05, 3.63) is 70.5 Å². The molecule has 1 aliphatic heterocycles. The Bertz CT molecular complexity index is 785. The largest absolute Gasteiger partial charge is 0.340 e. The van der Waals surface area contributed by atoms with Crippen molar-refractivity contribution in [2.45, 2.75) is 12.8 Å². The van der Waals surface area contributed by atoms with Gasteiger partial charge in [0.15, 0.2) is 5.78 Å². The molecule has 0 radical (unpaired) electrons. The molecule has 1 amide bonds. The molecule has 3 rings (SSSR count). The van der Waals surface area contributed by atoms with Crippen molar-refractivity contribution >= 4 is 23.3 Å². The van der Waals surface area contributed by atoms with Crippen LogP contribution in [0.25, 0.3) is 0 Å². The van der Waals surface area contributed by atoms with E-state index in [-0.39, 0.29) is 17.5 Å². The van der Waals surface area contributed by atoms with Crippen molar-refractivity contribution in [3.8, 4) is 0 Å². The average molecular weight is 389 g/mol. The minimum Gasteiger partial charge on any atom is -0.340 e. The Labute approximate surface area is 163 Å². The first-order valence-corrected chi connectivity index (χ1v) is 9.42. The van der Waals surface area contributed by atoms with Crippen LogP contribution in [-0.4, -0.2) is 54.2 Å². The number of carbonyl (C=O) groups excluding carboxylic acids is 2. The number of benzene rings is 2. The van der Waals surface area contributed by atoms with E-state index >= 15 is 0 Å². The van der Waals surface area contributed by atoms with Gasteiger partial charge < -0.3 is 4.90 Å². The zero-order valence-corrected chi connectivity index (χ0v) is 15.8. The fourth-order valence-corrected chi connectivity index (χ4v) is 3.27. The van der Waals surface area contributed by atoms with Gasteiger partial charge >= 0.3 is 0 Å². The highest BCUT2D eigenvalue weighted by atomic mass is 35.5. The molecule has 2 aromatic carbocycles. The highest BCUT2D eigenvalue weighted by Gasteiger charge is 2.22. The Balaban J connectivity index is 1.42. The van der Waals surface area contributed by atoms with Crippen LogP contribution in [0.5, 0.6) is 0 Å². The molecule has 0 aromatic heterocycles. The second kappa shape index (κ2) is 9.11. The summed E-state index contributed by atoms with van der Waals surface area (Å²) in [5.74, 6) is -0.111. The maximum absolute atomic E-state index is 12.9. The van der Waals surface area contributed by atoms with Crippen LogP contribution < -0.4 is 0 Å². The van der Waals surface area contributed by atoms with Crippen LogP contribution in [0.2, 0.25) is 5.02 Å². The first kappa shape index (κ1) is 19.5. The van der Waals surface area contributed by atoms with Gasteiger partial charge in [0, 0.05) is 43.2 Å². The van der Waals surface area contributed by atoms with E-state index in [4.69, 9.17) is 11.6 Å². The molecule has 27 heavy (non-hydrogen) atoms. The predicted octanol–water partition coefficient (Wildman–Crippen LogP) is 3.44. The number of hydrogen-bond donors (Lipinski definition) is 0. The average Bonchev–Trinajstić information content (AvgIpc) is 2.68. The Kier molecular flexibility index (Phi) is 6.58. The molecule has 6 heteroatoms. The maximum atomic E-state index is 12.9. The predicted molar refractivity (Wildman–Crippen MR) is 104 cm³/mol. The summed E-state index contributed by atoms with van der Waals surface area (Å²) in [6.07, 6.45) is 1.02. The van der Waals surface area contributed by atoms with Crippen molar-refractivity contribution in [1.82, 2.24) is 9.80 Å². The zero-order valence-electron chi connectivity index (χ0n) is 15.0. The highest BCUT2D eigenvalue weighted by Crippen LogP contribution is 2.12. The van der Waals surface area contributed by atoms with E-state index in [0.29, 0.717) is 56.2 Å². The number of hydrogen-bond acceptors (Lipinski definition) is 3. The molecule has 0 N–H and O–H groups in total. The molecule has 142 valence electrons. The van der Waals surface area contributed by atoms with Gasteiger partial charge in [0.05, 0.1) is 6.54 Å². The van der Waals surface area contributed by atoms with Gasteiger partial charge in [-0.25, -0.2) is 4.39 Å². The SMILES string of the molecule is O=C(CN1CCN(C(=O)CCc2ccc(F)cc2)CC1)c1ccc(Cl)cc1. The molecule has 1 fully saturated rings. The van der Waals surface area contributed by atoms with Crippen LogP contribution >= 0.6 is 11.6 Å². The van der Waals surface area contributed by atoms with E-state index in [1.54, 1.807) is 36.4 Å². The Morgan fingerprint density at radius 1 is 0.926 bits per heavy atom. The minimum absolute atomic E-state index is 0.0581. The summed E-state index contributed by atoms with van der Waals surface area (Å²) in [4.78, 5) is 28.6. The van der Waals surface area contributed by atoms with Crippen molar-refractivity contribution < 1.29 is 14.0 Å². The number of piperazine rings is 1. The molecule has 0 atom stereocenters. The number of aryl methyl sites for hydroxylation is 1. The second-order valence-electron chi connectivity index (χ2n) is 6.71. The molecule has 2 aromatic rings. The van der Waals surface area contributed by atoms with Gasteiger partial charge in [0.25, 0.3) is 0 Å². The fraction of sp³-hybridized carbons (Fsp3) is 0.333. The molecule has 0 aliphatic carbocycles. The summed E-state index contributed by atoms with van der Waals surface area (Å²) >= 11 is 5.85. The van der Waals surface area contributed by atoms with Crippen molar-refractivity contribution in [2.75, 3.05) is 32.7 Å². The van der Waals surface area contributed by atoms with E-state index < -0.39 is 0 Å². The normalized spacial score (nSPS) is 15.0. The van der Waals surface area contributed by atoms with E-state index in [1.165, 1.54) is 12.1 Å². The first-order chi connectivity index (χ1) is 13.0. The van der Waals surface area contributed by atoms with Crippen LogP contribution in [0.15, 0.2) is 48.5 Å². The Hall–Kier alpha value is -2.24. The molecule has 1 saturated heterocycles. The lowest BCUT2D eigenvalue weighted by Gasteiger charge is -2.34. The van der Waals surface area contributed by atoms with E-state index in [9.17, 15) is 14.0 Å². The van der Waals surface area contributed by atoms with Gasteiger partial charge in [-0.15, -0.1) is 0 Å². The van der Waals surface area contributed by atoms with Gasteiger partial charge in [0.2, 0.25) is 5.91 Å². The summed E-state index contributed by atoms with van der Waals surface area (Å²) in [6, 6.07) is 13.2. The number of halogens is 2. The van der Waals surface area contributed by atoms with Gasteiger partial charge in [-0.05, 0) is 48.4 Å². The standard InChI is InChI=1S/C21H22ClFN2O2/c22-18-6-4-17(5-7-18)20(26)15-24-11-13-25(14-12-24)21(27)10-3-16-1-8-19(23)9-2-16/h1-2,4-9H,3,10-15H2. The van der Waals surface area contributed by atoms with Crippen molar-refractivity contribution in [3.63, 3.8) is 0 Å². The molecule has 0 bridgehead atoms. The molecule has 1 heterocycles. The topological polar surface area (TPSA) is 40.6 Å².